The lowest BCUT2D eigenvalue weighted by molar-refractivity contribution is 0.394. The molecule has 0 aliphatic heterocycles. The second kappa shape index (κ2) is 6.35. The molecule has 1 aromatic carbocycles. The maximum atomic E-state index is 12.2. The van der Waals surface area contributed by atoms with E-state index in [1.165, 1.54) is 4.31 Å². The first-order valence-corrected chi connectivity index (χ1v) is 6.58. The van der Waals surface area contributed by atoms with Crippen LogP contribution in [0, 0.1) is 6.92 Å². The molecule has 6 heteroatoms. The first-order valence-electron chi connectivity index (χ1n) is 5.14. The molecule has 0 bridgehead atoms. The summed E-state index contributed by atoms with van der Waals surface area (Å²) in [4.78, 5) is 0.315. The van der Waals surface area contributed by atoms with Crippen LogP contribution < -0.4 is 5.73 Å². The third kappa shape index (κ3) is 3.67. The summed E-state index contributed by atoms with van der Waals surface area (Å²) in [6.45, 7) is 3.96. The van der Waals surface area contributed by atoms with E-state index in [0.717, 1.165) is 5.56 Å². The van der Waals surface area contributed by atoms with E-state index < -0.39 is 10.0 Å². The zero-order valence-corrected chi connectivity index (χ0v) is 11.9. The monoisotopic (exact) mass is 278 g/mol. The third-order valence-corrected chi connectivity index (χ3v) is 4.60. The van der Waals surface area contributed by atoms with Gasteiger partial charge in [0.25, 0.3) is 0 Å². The molecule has 0 amide bonds. The highest BCUT2D eigenvalue weighted by Crippen LogP contribution is 2.17. The van der Waals surface area contributed by atoms with Gasteiger partial charge in [-0.3, -0.25) is 0 Å². The number of likely N-dealkylation sites (N-methyl/N-ethyl adjacent to an activating group) is 1. The quantitative estimate of drug-likeness (QED) is 0.905. The molecule has 0 spiro atoms. The van der Waals surface area contributed by atoms with Crippen molar-refractivity contribution in [2.75, 3.05) is 13.6 Å². The summed E-state index contributed by atoms with van der Waals surface area (Å²) in [5.41, 5.74) is 6.40. The predicted molar refractivity (Wildman–Crippen MR) is 71.9 cm³/mol. The summed E-state index contributed by atoms with van der Waals surface area (Å²) < 4.78 is 25.6. The van der Waals surface area contributed by atoms with Crippen LogP contribution in [0.5, 0.6) is 0 Å². The SMILES string of the molecule is Cc1cccc(S(=O)(=O)N(C)C(C)CN)c1.Cl. The molecule has 98 valence electrons. The van der Waals surface area contributed by atoms with E-state index in [-0.39, 0.29) is 18.4 Å². The Bertz CT molecular complexity index is 462. The van der Waals surface area contributed by atoms with Gasteiger partial charge in [-0.05, 0) is 31.5 Å². The summed E-state index contributed by atoms with van der Waals surface area (Å²) in [6, 6.07) is 6.66. The third-order valence-electron chi connectivity index (χ3n) is 2.63. The van der Waals surface area contributed by atoms with E-state index in [1.807, 2.05) is 13.0 Å². The molecular weight excluding hydrogens is 260 g/mol. The average molecular weight is 279 g/mol. The van der Waals surface area contributed by atoms with Gasteiger partial charge >= 0.3 is 0 Å². The Morgan fingerprint density at radius 2 is 2.00 bits per heavy atom. The molecule has 1 unspecified atom stereocenters. The Kier molecular flexibility index (Phi) is 6.12. The fraction of sp³-hybridized carbons (Fsp3) is 0.455. The summed E-state index contributed by atoms with van der Waals surface area (Å²) in [5, 5.41) is 0. The van der Waals surface area contributed by atoms with Crippen molar-refractivity contribution < 1.29 is 8.42 Å². The molecule has 0 fully saturated rings. The molecule has 0 saturated heterocycles. The molecule has 1 rings (SSSR count). The molecule has 4 nitrogen and oxygen atoms in total. The van der Waals surface area contributed by atoms with Crippen LogP contribution in [0.3, 0.4) is 0 Å². The second-order valence-electron chi connectivity index (χ2n) is 3.92. The number of halogens is 1. The predicted octanol–water partition coefficient (Wildman–Crippen LogP) is 1.38. The van der Waals surface area contributed by atoms with Crippen LogP contribution in [0.2, 0.25) is 0 Å². The van der Waals surface area contributed by atoms with Crippen molar-refractivity contribution in [2.45, 2.75) is 24.8 Å². The maximum Gasteiger partial charge on any atom is 0.243 e. The number of benzene rings is 1. The summed E-state index contributed by atoms with van der Waals surface area (Å²) in [6.07, 6.45) is 0. The van der Waals surface area contributed by atoms with E-state index in [0.29, 0.717) is 11.4 Å². The van der Waals surface area contributed by atoms with Gasteiger partial charge in [-0.1, -0.05) is 12.1 Å². The molecule has 0 saturated carbocycles. The molecule has 0 aromatic heterocycles. The summed E-state index contributed by atoms with van der Waals surface area (Å²) in [5.74, 6) is 0. The van der Waals surface area contributed by atoms with Crippen molar-refractivity contribution in [3.05, 3.63) is 29.8 Å². The van der Waals surface area contributed by atoms with Crippen molar-refractivity contribution in [3.8, 4) is 0 Å². The van der Waals surface area contributed by atoms with Crippen LogP contribution in [-0.4, -0.2) is 32.4 Å². The number of nitrogens with two attached hydrogens (primary N) is 1. The minimum atomic E-state index is -3.42. The summed E-state index contributed by atoms with van der Waals surface area (Å²) in [7, 11) is -1.87. The number of nitrogens with zero attached hydrogens (tertiary/aromatic N) is 1. The van der Waals surface area contributed by atoms with Gasteiger partial charge in [0.1, 0.15) is 0 Å². The highest BCUT2D eigenvalue weighted by Gasteiger charge is 2.24. The van der Waals surface area contributed by atoms with Gasteiger partial charge in [0, 0.05) is 19.6 Å². The first kappa shape index (κ1) is 16.4. The largest absolute Gasteiger partial charge is 0.329 e. The molecule has 17 heavy (non-hydrogen) atoms. The number of hydrogen-bond acceptors (Lipinski definition) is 3. The average Bonchev–Trinajstić information content (AvgIpc) is 2.27. The molecule has 2 N–H and O–H groups in total. The Morgan fingerprint density at radius 1 is 1.41 bits per heavy atom. The minimum absolute atomic E-state index is 0. The molecule has 1 aromatic rings. The van der Waals surface area contributed by atoms with E-state index in [2.05, 4.69) is 0 Å². The normalized spacial score (nSPS) is 13.2. The standard InChI is InChI=1S/C11H18N2O2S.ClH/c1-9-5-4-6-11(7-9)16(14,15)13(3)10(2)8-12;/h4-7,10H,8,12H2,1-3H3;1H. The first-order chi connectivity index (χ1) is 7.39. The van der Waals surface area contributed by atoms with Crippen LogP contribution in [0.1, 0.15) is 12.5 Å². The second-order valence-corrected chi connectivity index (χ2v) is 5.92. The van der Waals surface area contributed by atoms with Gasteiger partial charge in [-0.25, -0.2) is 8.42 Å². The van der Waals surface area contributed by atoms with Crippen molar-refractivity contribution in [1.82, 2.24) is 4.31 Å². The molecular formula is C11H19ClN2O2S. The summed E-state index contributed by atoms with van der Waals surface area (Å²) >= 11 is 0. The Morgan fingerprint density at radius 3 is 2.47 bits per heavy atom. The van der Waals surface area contributed by atoms with Crippen LogP contribution >= 0.6 is 12.4 Å². The zero-order valence-electron chi connectivity index (χ0n) is 10.3. The van der Waals surface area contributed by atoms with Gasteiger partial charge in [-0.2, -0.15) is 4.31 Å². The van der Waals surface area contributed by atoms with E-state index in [9.17, 15) is 8.42 Å². The molecule has 1 atom stereocenters. The van der Waals surface area contributed by atoms with Crippen LogP contribution in [0.15, 0.2) is 29.2 Å². The maximum absolute atomic E-state index is 12.2. The molecule has 0 radical (unpaired) electrons. The van der Waals surface area contributed by atoms with Gasteiger partial charge in [0.2, 0.25) is 10.0 Å². The topological polar surface area (TPSA) is 63.4 Å². The highest BCUT2D eigenvalue weighted by molar-refractivity contribution is 7.89. The number of hydrogen-bond donors (Lipinski definition) is 1. The lowest BCUT2D eigenvalue weighted by Crippen LogP contribution is -2.39. The lowest BCUT2D eigenvalue weighted by Gasteiger charge is -2.23. The van der Waals surface area contributed by atoms with Crippen molar-refractivity contribution >= 4 is 22.4 Å². The Labute approximate surface area is 109 Å². The zero-order chi connectivity index (χ0) is 12.3. The molecule has 0 heterocycles. The molecule has 0 aliphatic rings. The fourth-order valence-corrected chi connectivity index (χ4v) is 2.81. The van der Waals surface area contributed by atoms with Gasteiger partial charge in [0.15, 0.2) is 0 Å². The fourth-order valence-electron chi connectivity index (χ4n) is 1.33. The van der Waals surface area contributed by atoms with Gasteiger partial charge < -0.3 is 5.73 Å². The Balaban J connectivity index is 0.00000256. The van der Waals surface area contributed by atoms with E-state index in [1.54, 1.807) is 32.2 Å². The van der Waals surface area contributed by atoms with E-state index >= 15 is 0 Å². The molecule has 0 aliphatic carbocycles. The minimum Gasteiger partial charge on any atom is -0.329 e. The van der Waals surface area contributed by atoms with Crippen molar-refractivity contribution in [1.29, 1.82) is 0 Å². The number of aryl methyl sites for hydroxylation is 1. The van der Waals surface area contributed by atoms with Crippen molar-refractivity contribution in [3.63, 3.8) is 0 Å². The van der Waals surface area contributed by atoms with Crippen molar-refractivity contribution in [2.24, 2.45) is 5.73 Å². The van der Waals surface area contributed by atoms with Crippen LogP contribution in [0.4, 0.5) is 0 Å². The smallest absolute Gasteiger partial charge is 0.243 e. The van der Waals surface area contributed by atoms with Crippen LogP contribution in [-0.2, 0) is 10.0 Å². The van der Waals surface area contributed by atoms with Gasteiger partial charge in [0.05, 0.1) is 4.90 Å². The highest BCUT2D eigenvalue weighted by atomic mass is 35.5. The van der Waals surface area contributed by atoms with Crippen LogP contribution in [0.25, 0.3) is 0 Å². The lowest BCUT2D eigenvalue weighted by atomic mass is 10.2. The van der Waals surface area contributed by atoms with Gasteiger partial charge in [-0.15, -0.1) is 12.4 Å². The number of sulfonamides is 1. The van der Waals surface area contributed by atoms with E-state index in [4.69, 9.17) is 5.73 Å². The Hall–Kier alpha value is -0.620. The number of rotatable bonds is 4.